The molecule has 0 spiro atoms. The molecule has 2 aliphatic rings. The number of likely N-dealkylation sites (tertiary alicyclic amines) is 1. The highest BCUT2D eigenvalue weighted by Crippen LogP contribution is 2.28. The second kappa shape index (κ2) is 15.5. The molecular weight excluding hydrogens is 554 g/mol. The van der Waals surface area contributed by atoms with Crippen molar-refractivity contribution in [2.45, 2.75) is 31.8 Å². The first-order valence-corrected chi connectivity index (χ1v) is 15.6. The summed E-state index contributed by atoms with van der Waals surface area (Å²) in [5, 5.41) is 9.21. The quantitative estimate of drug-likeness (QED) is 0.243. The zero-order chi connectivity index (χ0) is 30.7. The standard InChI is InChI=1S/C35H43N5O4/c1-39(34(42)29-11-7-10-28(24-29)33(41)37-19-18-36-25-26-14-15-26)22-23-40-20-16-30(17-21-40)44-35(43)38-32-13-6-5-12-31(32)27-8-3-2-4-9-27/h2-13,24,26,30,36H,14-23,25H2,1H3,(H,37,41)(H,38,43). The Balaban J connectivity index is 1.02. The van der Waals surface area contributed by atoms with Gasteiger partial charge in [0.25, 0.3) is 11.8 Å². The maximum Gasteiger partial charge on any atom is 0.411 e. The molecule has 3 N–H and O–H groups in total. The van der Waals surface area contributed by atoms with Gasteiger partial charge in [0.1, 0.15) is 6.10 Å². The van der Waals surface area contributed by atoms with E-state index in [1.54, 1.807) is 36.2 Å². The van der Waals surface area contributed by atoms with Crippen LogP contribution in [0.5, 0.6) is 0 Å². The molecule has 9 heteroatoms. The molecule has 0 bridgehead atoms. The van der Waals surface area contributed by atoms with Gasteiger partial charge in [0, 0.05) is 63.0 Å². The molecule has 9 nitrogen and oxygen atoms in total. The second-order valence-electron chi connectivity index (χ2n) is 11.7. The molecule has 3 aromatic carbocycles. The van der Waals surface area contributed by atoms with Gasteiger partial charge >= 0.3 is 6.09 Å². The smallest absolute Gasteiger partial charge is 0.411 e. The SMILES string of the molecule is CN(CCN1CCC(OC(=O)Nc2ccccc2-c2ccccc2)CC1)C(=O)c1cccc(C(=O)NCCNCC2CC2)c1. The Bertz CT molecular complexity index is 1400. The Labute approximate surface area is 260 Å². The normalized spacial score (nSPS) is 15.4. The van der Waals surface area contributed by atoms with E-state index < -0.39 is 6.09 Å². The van der Waals surface area contributed by atoms with Gasteiger partial charge in [0.05, 0.1) is 5.69 Å². The molecule has 2 fully saturated rings. The van der Waals surface area contributed by atoms with Gasteiger partial charge < -0.3 is 25.2 Å². The van der Waals surface area contributed by atoms with E-state index in [4.69, 9.17) is 4.74 Å². The third-order valence-corrected chi connectivity index (χ3v) is 8.24. The molecule has 0 atom stereocenters. The largest absolute Gasteiger partial charge is 0.446 e. The van der Waals surface area contributed by atoms with Crippen LogP contribution in [0, 0.1) is 5.92 Å². The number of likely N-dealkylation sites (N-methyl/N-ethyl adjacent to an activating group) is 1. The molecule has 44 heavy (non-hydrogen) atoms. The van der Waals surface area contributed by atoms with Gasteiger partial charge in [-0.15, -0.1) is 0 Å². The molecule has 0 aromatic heterocycles. The van der Waals surface area contributed by atoms with Crippen molar-refractivity contribution in [2.75, 3.05) is 58.2 Å². The van der Waals surface area contributed by atoms with Crippen molar-refractivity contribution in [1.82, 2.24) is 20.4 Å². The van der Waals surface area contributed by atoms with Gasteiger partial charge in [-0.25, -0.2) is 4.79 Å². The fraction of sp³-hybridized carbons (Fsp3) is 0.400. The van der Waals surface area contributed by atoms with E-state index in [2.05, 4.69) is 20.9 Å². The van der Waals surface area contributed by atoms with Crippen molar-refractivity contribution >= 4 is 23.6 Å². The highest BCUT2D eigenvalue weighted by molar-refractivity contribution is 5.99. The summed E-state index contributed by atoms with van der Waals surface area (Å²) in [7, 11) is 1.79. The number of rotatable bonds is 13. The number of nitrogens with zero attached hydrogens (tertiary/aromatic N) is 2. The number of benzene rings is 3. The minimum absolute atomic E-state index is 0.114. The summed E-state index contributed by atoms with van der Waals surface area (Å²) in [4.78, 5) is 42.4. The van der Waals surface area contributed by atoms with Crippen LogP contribution in [0.15, 0.2) is 78.9 Å². The van der Waals surface area contributed by atoms with Crippen LogP contribution >= 0.6 is 0 Å². The van der Waals surface area contributed by atoms with Crippen LogP contribution in [-0.4, -0.2) is 86.7 Å². The van der Waals surface area contributed by atoms with E-state index in [-0.39, 0.29) is 17.9 Å². The molecule has 1 saturated carbocycles. The van der Waals surface area contributed by atoms with Crippen molar-refractivity contribution in [3.63, 3.8) is 0 Å². The zero-order valence-corrected chi connectivity index (χ0v) is 25.5. The predicted octanol–water partition coefficient (Wildman–Crippen LogP) is 4.87. The summed E-state index contributed by atoms with van der Waals surface area (Å²) in [6, 6.07) is 24.5. The number of ether oxygens (including phenoxy) is 1. The molecule has 1 heterocycles. The molecular formula is C35H43N5O4. The first-order valence-electron chi connectivity index (χ1n) is 15.6. The number of hydrogen-bond donors (Lipinski definition) is 3. The lowest BCUT2D eigenvalue weighted by molar-refractivity contribution is 0.0540. The molecule has 232 valence electrons. The van der Waals surface area contributed by atoms with Gasteiger partial charge in [-0.1, -0.05) is 54.6 Å². The predicted molar refractivity (Wildman–Crippen MR) is 173 cm³/mol. The number of carbonyl (C=O) groups is 3. The molecule has 3 aromatic rings. The van der Waals surface area contributed by atoms with Crippen molar-refractivity contribution in [3.05, 3.63) is 90.0 Å². The Kier molecular flexibility index (Phi) is 11.0. The average Bonchev–Trinajstić information content (AvgIpc) is 3.89. The summed E-state index contributed by atoms with van der Waals surface area (Å²) in [5.74, 6) is 0.519. The van der Waals surface area contributed by atoms with E-state index >= 15 is 0 Å². The minimum Gasteiger partial charge on any atom is -0.446 e. The summed E-state index contributed by atoms with van der Waals surface area (Å²) in [5.41, 5.74) is 3.68. The van der Waals surface area contributed by atoms with Crippen LogP contribution in [0.25, 0.3) is 11.1 Å². The van der Waals surface area contributed by atoms with Gasteiger partial charge in [-0.05, 0) is 68.0 Å². The van der Waals surface area contributed by atoms with Crippen LogP contribution < -0.4 is 16.0 Å². The van der Waals surface area contributed by atoms with Crippen molar-refractivity contribution in [2.24, 2.45) is 5.92 Å². The summed E-state index contributed by atoms with van der Waals surface area (Å²) in [6.07, 6.45) is 3.47. The number of anilines is 1. The van der Waals surface area contributed by atoms with Gasteiger partial charge in [0.15, 0.2) is 0 Å². The third kappa shape index (κ3) is 9.14. The third-order valence-electron chi connectivity index (χ3n) is 8.24. The lowest BCUT2D eigenvalue weighted by atomic mass is 10.0. The van der Waals surface area contributed by atoms with E-state index in [0.29, 0.717) is 24.2 Å². The fourth-order valence-electron chi connectivity index (χ4n) is 5.40. The number of para-hydroxylation sites is 1. The van der Waals surface area contributed by atoms with Gasteiger partial charge in [-0.2, -0.15) is 0 Å². The first-order chi connectivity index (χ1) is 21.5. The summed E-state index contributed by atoms with van der Waals surface area (Å²) in [6.45, 7) is 5.16. The van der Waals surface area contributed by atoms with Crippen LogP contribution in [0.1, 0.15) is 46.4 Å². The van der Waals surface area contributed by atoms with Crippen LogP contribution in [0.4, 0.5) is 10.5 Å². The van der Waals surface area contributed by atoms with Crippen LogP contribution in [0.2, 0.25) is 0 Å². The van der Waals surface area contributed by atoms with E-state index in [0.717, 1.165) is 68.3 Å². The molecule has 3 amide bonds. The Hall–Kier alpha value is -4.21. The van der Waals surface area contributed by atoms with Gasteiger partial charge in [0.2, 0.25) is 0 Å². The molecule has 1 saturated heterocycles. The maximum atomic E-state index is 13.1. The maximum absolute atomic E-state index is 13.1. The van der Waals surface area contributed by atoms with E-state index in [1.165, 1.54) is 12.8 Å². The van der Waals surface area contributed by atoms with E-state index in [1.807, 2.05) is 54.6 Å². The molecule has 5 rings (SSSR count). The average molecular weight is 598 g/mol. The number of nitrogens with one attached hydrogen (secondary N) is 3. The fourth-order valence-corrected chi connectivity index (χ4v) is 5.40. The Morgan fingerprint density at radius 3 is 2.36 bits per heavy atom. The topological polar surface area (TPSA) is 103 Å². The van der Waals surface area contributed by atoms with Crippen LogP contribution in [0.3, 0.4) is 0 Å². The Morgan fingerprint density at radius 2 is 1.59 bits per heavy atom. The number of hydrogen-bond acceptors (Lipinski definition) is 6. The highest BCUT2D eigenvalue weighted by atomic mass is 16.6. The monoisotopic (exact) mass is 597 g/mol. The molecule has 0 radical (unpaired) electrons. The van der Waals surface area contributed by atoms with Crippen LogP contribution in [-0.2, 0) is 4.74 Å². The first kappa shape index (κ1) is 31.2. The highest BCUT2D eigenvalue weighted by Gasteiger charge is 2.24. The number of piperidine rings is 1. The van der Waals surface area contributed by atoms with Crippen molar-refractivity contribution in [3.8, 4) is 11.1 Å². The molecule has 0 unspecified atom stereocenters. The number of carbonyl (C=O) groups excluding carboxylic acids is 3. The zero-order valence-electron chi connectivity index (χ0n) is 25.5. The Morgan fingerprint density at radius 1 is 0.864 bits per heavy atom. The molecule has 1 aliphatic heterocycles. The van der Waals surface area contributed by atoms with E-state index in [9.17, 15) is 14.4 Å². The second-order valence-corrected chi connectivity index (χ2v) is 11.7. The lowest BCUT2D eigenvalue weighted by Gasteiger charge is -2.32. The van der Waals surface area contributed by atoms with Gasteiger partial charge in [-0.3, -0.25) is 14.9 Å². The number of amides is 3. The minimum atomic E-state index is -0.446. The van der Waals surface area contributed by atoms with Crippen molar-refractivity contribution < 1.29 is 19.1 Å². The summed E-state index contributed by atoms with van der Waals surface area (Å²) >= 11 is 0. The lowest BCUT2D eigenvalue weighted by Crippen LogP contribution is -2.42. The molecule has 1 aliphatic carbocycles. The van der Waals surface area contributed by atoms with Crippen molar-refractivity contribution in [1.29, 1.82) is 0 Å². The summed E-state index contributed by atoms with van der Waals surface area (Å²) < 4.78 is 5.76.